The van der Waals surface area contributed by atoms with Gasteiger partial charge >= 0.3 is 5.97 Å². The maximum Gasteiger partial charge on any atom is 0.327 e. The second-order valence-electron chi connectivity index (χ2n) is 5.86. The first-order valence-corrected chi connectivity index (χ1v) is 8.65. The predicted octanol–water partition coefficient (Wildman–Crippen LogP) is 2.88. The number of carboxylic acid groups (broad SMARTS) is 1. The molecule has 0 spiro atoms. The molecule has 2 atom stereocenters. The highest BCUT2D eigenvalue weighted by molar-refractivity contribution is 7.80. The van der Waals surface area contributed by atoms with Crippen molar-refractivity contribution in [2.75, 3.05) is 4.31 Å². The summed E-state index contributed by atoms with van der Waals surface area (Å²) in [6.07, 6.45) is 0.756. The van der Waals surface area contributed by atoms with Gasteiger partial charge in [0.1, 0.15) is 12.3 Å². The normalized spacial score (nSPS) is 13.3. The van der Waals surface area contributed by atoms with Gasteiger partial charge in [0.2, 0.25) is 0 Å². The summed E-state index contributed by atoms with van der Waals surface area (Å²) in [4.78, 5) is 22.2. The van der Waals surface area contributed by atoms with Crippen LogP contribution in [0.2, 0.25) is 0 Å². The van der Waals surface area contributed by atoms with E-state index in [1.807, 2.05) is 0 Å². The summed E-state index contributed by atoms with van der Waals surface area (Å²) in [6.45, 7) is 3.31. The summed E-state index contributed by atoms with van der Waals surface area (Å²) in [5, 5.41) is 9.36. The van der Waals surface area contributed by atoms with Crippen LogP contribution in [0.15, 0.2) is 48.5 Å². The summed E-state index contributed by atoms with van der Waals surface area (Å²) in [5.41, 5.74) is 2.54. The monoisotopic (exact) mass is 360 g/mol. The van der Waals surface area contributed by atoms with Gasteiger partial charge < -0.3 is 9.66 Å². The van der Waals surface area contributed by atoms with Crippen molar-refractivity contribution >= 4 is 29.2 Å². The molecule has 25 heavy (non-hydrogen) atoms. The van der Waals surface area contributed by atoms with Gasteiger partial charge in [0.05, 0.1) is 0 Å². The van der Waals surface area contributed by atoms with E-state index in [0.717, 1.165) is 21.7 Å². The van der Waals surface area contributed by atoms with Gasteiger partial charge in [-0.15, -0.1) is 0 Å². The molecule has 0 bridgehead atoms. The fourth-order valence-electron chi connectivity index (χ4n) is 2.55. The lowest BCUT2D eigenvalue weighted by molar-refractivity contribution is -0.139. The highest BCUT2D eigenvalue weighted by Gasteiger charge is 2.30. The second kappa shape index (κ2) is 8.04. The molecule has 0 aliphatic rings. The van der Waals surface area contributed by atoms with Crippen molar-refractivity contribution in [3.63, 3.8) is 0 Å². The summed E-state index contributed by atoms with van der Waals surface area (Å²) in [5.74, 6) is -1.60. The van der Waals surface area contributed by atoms with Gasteiger partial charge in [-0.25, -0.2) is 4.79 Å². The Hall–Kier alpha value is -2.51. The Morgan fingerprint density at radius 2 is 1.56 bits per heavy atom. The zero-order valence-electron chi connectivity index (χ0n) is 13.8. The highest BCUT2D eigenvalue weighted by Crippen LogP contribution is 2.27. The number of anilines is 1. The zero-order chi connectivity index (χ0) is 18.6. The molecule has 2 rings (SSSR count). The molecule has 0 aliphatic heterocycles. The molecule has 0 aromatic heterocycles. The number of hydrogen-bond donors (Lipinski definition) is 1. The first-order valence-electron chi connectivity index (χ1n) is 7.62. The largest absolute Gasteiger partial charge is 0.755 e. The van der Waals surface area contributed by atoms with E-state index >= 15 is 0 Å². The van der Waals surface area contributed by atoms with Crippen molar-refractivity contribution in [1.82, 2.24) is 0 Å². The molecule has 1 N–H and O–H groups in total. The minimum Gasteiger partial charge on any atom is -0.755 e. The number of benzene rings is 2. The number of carboxylic acids is 1. The topological polar surface area (TPSA) is 97.7 Å². The standard InChI is InChI=1S/C18H19NO5S/c1-12(2)17(18(21)22)19(25(23)24)16-9-7-15(8-10-16)14-5-3-13(11-20)4-6-14/h3-12,17H,1-2H3,(H,21,22)(H,23,24)/p-1. The Bertz CT molecular complexity index is 771. The van der Waals surface area contributed by atoms with Crippen molar-refractivity contribution in [2.24, 2.45) is 5.92 Å². The first-order chi connectivity index (χ1) is 11.8. The molecule has 2 aromatic rings. The van der Waals surface area contributed by atoms with Gasteiger partial charge in [-0.3, -0.25) is 13.3 Å². The number of rotatable bonds is 7. The first kappa shape index (κ1) is 18.8. The fourth-order valence-corrected chi connectivity index (χ4v) is 3.36. The number of aliphatic carboxylic acids is 1. The van der Waals surface area contributed by atoms with Crippen LogP contribution in [-0.2, 0) is 16.1 Å². The van der Waals surface area contributed by atoms with Crippen LogP contribution >= 0.6 is 0 Å². The maximum absolute atomic E-state index is 11.6. The molecule has 6 nitrogen and oxygen atoms in total. The van der Waals surface area contributed by atoms with Crippen LogP contribution in [0.1, 0.15) is 24.2 Å². The van der Waals surface area contributed by atoms with Crippen LogP contribution in [0.3, 0.4) is 0 Å². The van der Waals surface area contributed by atoms with E-state index < -0.39 is 29.2 Å². The smallest absolute Gasteiger partial charge is 0.327 e. The van der Waals surface area contributed by atoms with E-state index in [2.05, 4.69) is 0 Å². The summed E-state index contributed by atoms with van der Waals surface area (Å²) in [7, 11) is 0. The molecule has 0 fully saturated rings. The summed E-state index contributed by atoms with van der Waals surface area (Å²) >= 11 is -2.72. The molecule has 0 saturated carbocycles. The molecule has 2 unspecified atom stereocenters. The molecule has 0 aliphatic carbocycles. The van der Waals surface area contributed by atoms with Crippen LogP contribution in [-0.4, -0.2) is 32.2 Å². The van der Waals surface area contributed by atoms with Crippen molar-refractivity contribution in [3.05, 3.63) is 54.1 Å². The van der Waals surface area contributed by atoms with E-state index in [1.165, 1.54) is 0 Å². The highest BCUT2D eigenvalue weighted by atomic mass is 32.2. The molecule has 0 heterocycles. The number of nitrogens with zero attached hydrogens (tertiary/aromatic N) is 1. The molecule has 0 saturated heterocycles. The Kier molecular flexibility index (Phi) is 6.06. The van der Waals surface area contributed by atoms with E-state index in [9.17, 15) is 23.5 Å². The third kappa shape index (κ3) is 4.32. The number of hydrogen-bond acceptors (Lipinski definition) is 4. The van der Waals surface area contributed by atoms with E-state index in [1.54, 1.807) is 62.4 Å². The minimum absolute atomic E-state index is 0.280. The molecular formula is C18H18NO5S-. The Balaban J connectivity index is 2.36. The van der Waals surface area contributed by atoms with Gasteiger partial charge in [0.25, 0.3) is 0 Å². The lowest BCUT2D eigenvalue weighted by Gasteiger charge is -2.34. The van der Waals surface area contributed by atoms with Crippen molar-refractivity contribution < 1.29 is 23.5 Å². The molecule has 7 heteroatoms. The summed E-state index contributed by atoms with van der Waals surface area (Å²) in [6, 6.07) is 12.3. The second-order valence-corrected chi connectivity index (χ2v) is 6.68. The zero-order valence-corrected chi connectivity index (χ0v) is 14.6. The summed E-state index contributed by atoms with van der Waals surface area (Å²) < 4.78 is 24.1. The Morgan fingerprint density at radius 1 is 1.08 bits per heavy atom. The van der Waals surface area contributed by atoms with Crippen LogP contribution in [0.25, 0.3) is 11.1 Å². The molecule has 132 valence electrons. The van der Waals surface area contributed by atoms with E-state index in [4.69, 9.17) is 0 Å². The minimum atomic E-state index is -2.72. The van der Waals surface area contributed by atoms with Gasteiger partial charge in [-0.05, 0) is 29.2 Å². The molecule has 0 radical (unpaired) electrons. The number of carbonyl (C=O) groups is 2. The van der Waals surface area contributed by atoms with Gasteiger partial charge in [0.15, 0.2) is 0 Å². The van der Waals surface area contributed by atoms with E-state index in [0.29, 0.717) is 5.56 Å². The molecule has 2 aromatic carbocycles. The van der Waals surface area contributed by atoms with Crippen LogP contribution in [0.5, 0.6) is 0 Å². The quantitative estimate of drug-likeness (QED) is 0.605. The fraction of sp³-hybridized carbons (Fsp3) is 0.222. The predicted molar refractivity (Wildman–Crippen MR) is 94.9 cm³/mol. The number of carbonyl (C=O) groups excluding carboxylic acids is 1. The van der Waals surface area contributed by atoms with E-state index in [-0.39, 0.29) is 5.69 Å². The Morgan fingerprint density at radius 3 is 1.92 bits per heavy atom. The third-order valence-corrected chi connectivity index (χ3v) is 4.56. The van der Waals surface area contributed by atoms with Gasteiger partial charge in [-0.1, -0.05) is 50.2 Å². The SMILES string of the molecule is CC(C)C(C(=O)O)N(c1ccc(-c2ccc(C=O)cc2)cc1)S(=O)[O-]. The van der Waals surface area contributed by atoms with Gasteiger partial charge in [-0.2, -0.15) is 0 Å². The average Bonchev–Trinajstić information content (AvgIpc) is 2.59. The van der Waals surface area contributed by atoms with Crippen LogP contribution in [0.4, 0.5) is 5.69 Å². The van der Waals surface area contributed by atoms with Gasteiger partial charge in [0, 0.05) is 22.5 Å². The third-order valence-electron chi connectivity index (χ3n) is 3.80. The average molecular weight is 360 g/mol. The lowest BCUT2D eigenvalue weighted by Crippen LogP contribution is -2.45. The van der Waals surface area contributed by atoms with Crippen LogP contribution in [0, 0.1) is 5.92 Å². The molecule has 0 amide bonds. The van der Waals surface area contributed by atoms with Crippen molar-refractivity contribution in [1.29, 1.82) is 0 Å². The van der Waals surface area contributed by atoms with Crippen molar-refractivity contribution in [3.8, 4) is 11.1 Å². The Labute approximate surface area is 148 Å². The number of aldehydes is 1. The molecular weight excluding hydrogens is 342 g/mol. The van der Waals surface area contributed by atoms with Crippen molar-refractivity contribution in [2.45, 2.75) is 19.9 Å². The van der Waals surface area contributed by atoms with Crippen LogP contribution < -0.4 is 4.31 Å². The lowest BCUT2D eigenvalue weighted by atomic mass is 10.0. The maximum atomic E-state index is 11.6.